The fraction of sp³-hybridized carbons (Fsp3) is 0.0714. The van der Waals surface area contributed by atoms with Crippen molar-refractivity contribution in [3.63, 3.8) is 0 Å². The Hall–Kier alpha value is -1.43. The van der Waals surface area contributed by atoms with Crippen LogP contribution in [0.5, 0.6) is 11.5 Å². The highest BCUT2D eigenvalue weighted by molar-refractivity contribution is 9.10. The molecule has 4 nitrogen and oxygen atoms in total. The summed E-state index contributed by atoms with van der Waals surface area (Å²) in [6.07, 6.45) is 0. The van der Waals surface area contributed by atoms with Crippen molar-refractivity contribution in [3.05, 3.63) is 50.4 Å². The van der Waals surface area contributed by atoms with E-state index in [1.807, 2.05) is 0 Å². The lowest BCUT2D eigenvalue weighted by atomic mass is 10.1. The van der Waals surface area contributed by atoms with Crippen LogP contribution >= 0.6 is 39.1 Å². The summed E-state index contributed by atoms with van der Waals surface area (Å²) >= 11 is 15.5. The zero-order valence-electron chi connectivity index (χ0n) is 10.8. The number of esters is 1. The van der Waals surface area contributed by atoms with Gasteiger partial charge >= 0.3 is 5.97 Å². The van der Waals surface area contributed by atoms with Crippen LogP contribution in [0.15, 0.2) is 34.8 Å². The van der Waals surface area contributed by atoms with Crippen LogP contribution in [-0.2, 0) is 4.74 Å². The van der Waals surface area contributed by atoms with Crippen molar-refractivity contribution in [2.45, 2.75) is 0 Å². The third-order valence-electron chi connectivity index (χ3n) is 2.58. The lowest BCUT2D eigenvalue weighted by Gasteiger charge is -2.13. The number of methoxy groups -OCH3 is 1. The Bertz CT molecular complexity index is 707. The molecule has 0 aliphatic rings. The highest BCUT2D eigenvalue weighted by Crippen LogP contribution is 2.38. The molecule has 7 heteroatoms. The lowest BCUT2D eigenvalue weighted by molar-refractivity contribution is 0.0598. The first-order valence-electron chi connectivity index (χ1n) is 5.72. The van der Waals surface area contributed by atoms with Crippen molar-refractivity contribution in [2.24, 2.45) is 0 Å². The van der Waals surface area contributed by atoms with Crippen molar-refractivity contribution in [2.75, 3.05) is 12.8 Å². The molecule has 0 saturated heterocycles. The van der Waals surface area contributed by atoms with Gasteiger partial charge in [0.25, 0.3) is 0 Å². The minimum absolute atomic E-state index is 0.126. The molecule has 0 heterocycles. The van der Waals surface area contributed by atoms with E-state index in [0.29, 0.717) is 16.5 Å². The molecule has 2 rings (SSSR count). The number of nitrogens with two attached hydrogens (primary N) is 1. The second-order valence-electron chi connectivity index (χ2n) is 4.05. The van der Waals surface area contributed by atoms with E-state index >= 15 is 0 Å². The van der Waals surface area contributed by atoms with Gasteiger partial charge in [-0.25, -0.2) is 4.79 Å². The van der Waals surface area contributed by atoms with Gasteiger partial charge in [0.05, 0.1) is 17.2 Å². The lowest BCUT2D eigenvalue weighted by Crippen LogP contribution is -2.05. The van der Waals surface area contributed by atoms with E-state index in [1.54, 1.807) is 18.2 Å². The van der Waals surface area contributed by atoms with E-state index in [0.717, 1.165) is 4.47 Å². The van der Waals surface area contributed by atoms with E-state index in [4.69, 9.17) is 38.4 Å². The first-order valence-corrected chi connectivity index (χ1v) is 7.27. The monoisotopic (exact) mass is 389 g/mol. The summed E-state index contributed by atoms with van der Waals surface area (Å²) in [6, 6.07) is 7.99. The SMILES string of the molecule is COC(=O)c1cc(N)cc(Cl)c1Oc1ccc(Br)cc1Cl. The fourth-order valence-electron chi connectivity index (χ4n) is 1.65. The van der Waals surface area contributed by atoms with Gasteiger partial charge in [-0.15, -0.1) is 0 Å². The smallest absolute Gasteiger partial charge is 0.341 e. The molecule has 2 aromatic rings. The molecule has 0 bridgehead atoms. The van der Waals surface area contributed by atoms with Crippen molar-refractivity contribution in [3.8, 4) is 11.5 Å². The molecule has 0 spiro atoms. The molecular formula is C14H10BrCl2NO3. The minimum Gasteiger partial charge on any atom is -0.465 e. The largest absolute Gasteiger partial charge is 0.465 e. The molecule has 0 aromatic heterocycles. The fourth-order valence-corrected chi connectivity index (χ4v) is 2.63. The first-order chi connectivity index (χ1) is 9.92. The maximum absolute atomic E-state index is 11.8. The van der Waals surface area contributed by atoms with Crippen LogP contribution in [0.25, 0.3) is 0 Å². The number of benzene rings is 2. The van der Waals surface area contributed by atoms with Crippen LogP contribution in [0.2, 0.25) is 10.0 Å². The summed E-state index contributed by atoms with van der Waals surface area (Å²) < 4.78 is 11.2. The number of carbonyl (C=O) groups excluding carboxylic acids is 1. The van der Waals surface area contributed by atoms with E-state index < -0.39 is 5.97 Å². The van der Waals surface area contributed by atoms with Gasteiger partial charge in [0, 0.05) is 10.2 Å². The van der Waals surface area contributed by atoms with E-state index in [-0.39, 0.29) is 16.3 Å². The van der Waals surface area contributed by atoms with Gasteiger partial charge < -0.3 is 15.2 Å². The van der Waals surface area contributed by atoms with Gasteiger partial charge in [-0.2, -0.15) is 0 Å². The highest BCUT2D eigenvalue weighted by Gasteiger charge is 2.19. The summed E-state index contributed by atoms with van der Waals surface area (Å²) in [6.45, 7) is 0. The van der Waals surface area contributed by atoms with Crippen LogP contribution < -0.4 is 10.5 Å². The molecule has 0 atom stereocenters. The standard InChI is InChI=1S/C14H10BrCl2NO3/c1-20-14(19)9-5-8(18)6-11(17)13(9)21-12-3-2-7(15)4-10(12)16/h2-6H,18H2,1H3. The van der Waals surface area contributed by atoms with Gasteiger partial charge in [0.2, 0.25) is 0 Å². The van der Waals surface area contributed by atoms with Crippen molar-refractivity contribution >= 4 is 50.8 Å². The van der Waals surface area contributed by atoms with Gasteiger partial charge in [0.1, 0.15) is 11.3 Å². The summed E-state index contributed by atoms with van der Waals surface area (Å²) in [7, 11) is 1.26. The predicted molar refractivity (Wildman–Crippen MR) is 86.4 cm³/mol. The van der Waals surface area contributed by atoms with Crippen molar-refractivity contribution in [1.82, 2.24) is 0 Å². The third-order valence-corrected chi connectivity index (χ3v) is 3.65. The van der Waals surface area contributed by atoms with Crippen LogP contribution in [0.4, 0.5) is 5.69 Å². The van der Waals surface area contributed by atoms with E-state index in [9.17, 15) is 4.79 Å². The highest BCUT2D eigenvalue weighted by atomic mass is 79.9. The normalized spacial score (nSPS) is 10.3. The number of anilines is 1. The third kappa shape index (κ3) is 3.61. The molecule has 2 N–H and O–H groups in total. The van der Waals surface area contributed by atoms with Crippen LogP contribution in [0, 0.1) is 0 Å². The Morgan fingerprint density at radius 1 is 1.19 bits per heavy atom. The number of carbonyl (C=O) groups is 1. The number of ether oxygens (including phenoxy) is 2. The van der Waals surface area contributed by atoms with Crippen LogP contribution in [-0.4, -0.2) is 13.1 Å². The number of rotatable bonds is 3. The van der Waals surface area contributed by atoms with Crippen molar-refractivity contribution < 1.29 is 14.3 Å². The number of nitrogen functional groups attached to an aromatic ring is 1. The van der Waals surface area contributed by atoms with E-state index in [1.165, 1.54) is 19.2 Å². The molecule has 21 heavy (non-hydrogen) atoms. The average Bonchev–Trinajstić information content (AvgIpc) is 2.42. The zero-order valence-corrected chi connectivity index (χ0v) is 13.9. The van der Waals surface area contributed by atoms with Gasteiger partial charge in [-0.1, -0.05) is 39.1 Å². The molecule has 0 aliphatic heterocycles. The van der Waals surface area contributed by atoms with Gasteiger partial charge in [-0.05, 0) is 30.3 Å². The molecule has 0 saturated carbocycles. The Kier molecular flexibility index (Phi) is 4.98. The second-order valence-corrected chi connectivity index (χ2v) is 5.78. The predicted octanol–water partition coefficient (Wildman–Crippen LogP) is 4.92. The number of hydrogen-bond donors (Lipinski definition) is 1. The Balaban J connectivity index is 2.50. The molecule has 0 unspecified atom stereocenters. The second kappa shape index (κ2) is 6.56. The Morgan fingerprint density at radius 3 is 2.52 bits per heavy atom. The molecular weight excluding hydrogens is 381 g/mol. The molecule has 0 aliphatic carbocycles. The van der Waals surface area contributed by atoms with Gasteiger partial charge in [-0.3, -0.25) is 0 Å². The minimum atomic E-state index is -0.604. The van der Waals surface area contributed by atoms with Crippen LogP contribution in [0.3, 0.4) is 0 Å². The Morgan fingerprint density at radius 2 is 1.90 bits per heavy atom. The number of hydrogen-bond acceptors (Lipinski definition) is 4. The number of halogens is 3. The van der Waals surface area contributed by atoms with E-state index in [2.05, 4.69) is 15.9 Å². The van der Waals surface area contributed by atoms with Gasteiger partial charge in [0.15, 0.2) is 5.75 Å². The average molecular weight is 391 g/mol. The summed E-state index contributed by atoms with van der Waals surface area (Å²) in [5.41, 5.74) is 6.14. The molecule has 2 aromatic carbocycles. The molecule has 110 valence electrons. The topological polar surface area (TPSA) is 61.5 Å². The maximum atomic E-state index is 11.8. The molecule has 0 fully saturated rings. The molecule has 0 radical (unpaired) electrons. The summed E-state index contributed by atoms with van der Waals surface area (Å²) in [4.78, 5) is 11.8. The maximum Gasteiger partial charge on any atom is 0.341 e. The van der Waals surface area contributed by atoms with Crippen LogP contribution in [0.1, 0.15) is 10.4 Å². The first kappa shape index (κ1) is 15.9. The summed E-state index contributed by atoms with van der Waals surface area (Å²) in [5, 5.41) is 0.558. The van der Waals surface area contributed by atoms with Crippen molar-refractivity contribution in [1.29, 1.82) is 0 Å². The zero-order chi connectivity index (χ0) is 15.6. The summed E-state index contributed by atoms with van der Waals surface area (Å²) in [5.74, 6) is -0.105. The quantitative estimate of drug-likeness (QED) is 0.596. The molecule has 0 amide bonds. The Labute approximate surface area is 139 Å².